The van der Waals surface area contributed by atoms with Gasteiger partial charge in [0.1, 0.15) is 0 Å². The van der Waals surface area contributed by atoms with Crippen LogP contribution in [0.15, 0.2) is 54.6 Å². The molecule has 0 radical (unpaired) electrons. The summed E-state index contributed by atoms with van der Waals surface area (Å²) in [6, 6.07) is 19.0. The predicted octanol–water partition coefficient (Wildman–Crippen LogP) is 3.19. The van der Waals surface area contributed by atoms with Gasteiger partial charge in [-0.05, 0) is 29.5 Å². The van der Waals surface area contributed by atoms with Gasteiger partial charge in [-0.3, -0.25) is 4.79 Å². The van der Waals surface area contributed by atoms with Gasteiger partial charge in [-0.2, -0.15) is 0 Å². The zero-order valence-corrected chi connectivity index (χ0v) is 12.6. The third-order valence-corrected chi connectivity index (χ3v) is 4.00. The Labute approximate surface area is 131 Å². The minimum atomic E-state index is 0.114. The SMILES string of the molecule is O=C(CCc1ccc(-c2ccccc2)cc1)N[C@H]1CCOC1. The van der Waals surface area contributed by atoms with E-state index in [0.717, 1.165) is 19.4 Å². The number of benzene rings is 2. The summed E-state index contributed by atoms with van der Waals surface area (Å²) in [6.45, 7) is 1.41. The minimum absolute atomic E-state index is 0.114. The van der Waals surface area contributed by atoms with Gasteiger partial charge in [0.05, 0.1) is 12.6 Å². The minimum Gasteiger partial charge on any atom is -0.379 e. The number of rotatable bonds is 5. The first kappa shape index (κ1) is 14.8. The highest BCUT2D eigenvalue weighted by Gasteiger charge is 2.17. The van der Waals surface area contributed by atoms with E-state index in [9.17, 15) is 4.79 Å². The van der Waals surface area contributed by atoms with Crippen LogP contribution in [0.4, 0.5) is 0 Å². The predicted molar refractivity (Wildman–Crippen MR) is 87.6 cm³/mol. The Morgan fingerprint density at radius 3 is 2.45 bits per heavy atom. The molecule has 1 N–H and O–H groups in total. The Morgan fingerprint density at radius 1 is 1.05 bits per heavy atom. The van der Waals surface area contributed by atoms with Gasteiger partial charge in [-0.15, -0.1) is 0 Å². The summed E-state index contributed by atoms with van der Waals surface area (Å²) in [5.74, 6) is 0.114. The van der Waals surface area contributed by atoms with Gasteiger partial charge in [0.2, 0.25) is 5.91 Å². The largest absolute Gasteiger partial charge is 0.379 e. The molecule has 3 nitrogen and oxygen atoms in total. The van der Waals surface area contributed by atoms with Crippen LogP contribution < -0.4 is 5.32 Å². The van der Waals surface area contributed by atoms with Crippen molar-refractivity contribution in [3.8, 4) is 11.1 Å². The molecule has 1 atom stereocenters. The first-order valence-corrected chi connectivity index (χ1v) is 7.83. The van der Waals surface area contributed by atoms with Gasteiger partial charge in [-0.25, -0.2) is 0 Å². The molecular formula is C19H21NO2. The molecule has 0 spiro atoms. The highest BCUT2D eigenvalue weighted by molar-refractivity contribution is 5.76. The summed E-state index contributed by atoms with van der Waals surface area (Å²) in [7, 11) is 0. The number of carbonyl (C=O) groups excluding carboxylic acids is 1. The highest BCUT2D eigenvalue weighted by Crippen LogP contribution is 2.19. The monoisotopic (exact) mass is 295 g/mol. The zero-order valence-electron chi connectivity index (χ0n) is 12.6. The molecule has 2 aromatic rings. The van der Waals surface area contributed by atoms with E-state index < -0.39 is 0 Å². The second-order valence-electron chi connectivity index (χ2n) is 5.69. The number of nitrogens with one attached hydrogen (secondary N) is 1. The first-order valence-electron chi connectivity index (χ1n) is 7.83. The van der Waals surface area contributed by atoms with Gasteiger partial charge in [-0.1, -0.05) is 54.6 Å². The molecule has 1 aliphatic heterocycles. The Kier molecular flexibility index (Phi) is 4.86. The third-order valence-electron chi connectivity index (χ3n) is 4.00. The summed E-state index contributed by atoms with van der Waals surface area (Å²) in [4.78, 5) is 11.9. The molecule has 1 heterocycles. The van der Waals surface area contributed by atoms with Crippen LogP contribution in [0.1, 0.15) is 18.4 Å². The fourth-order valence-corrected chi connectivity index (χ4v) is 2.70. The van der Waals surface area contributed by atoms with Gasteiger partial charge in [0.25, 0.3) is 0 Å². The Balaban J connectivity index is 1.51. The van der Waals surface area contributed by atoms with Gasteiger partial charge < -0.3 is 10.1 Å². The lowest BCUT2D eigenvalue weighted by Crippen LogP contribution is -2.35. The van der Waals surface area contributed by atoms with Crippen molar-refractivity contribution in [3.05, 3.63) is 60.2 Å². The molecular weight excluding hydrogens is 274 g/mol. The van der Waals surface area contributed by atoms with Crippen molar-refractivity contribution < 1.29 is 9.53 Å². The van der Waals surface area contributed by atoms with E-state index in [4.69, 9.17) is 4.74 Å². The number of aryl methyl sites for hydroxylation is 1. The second kappa shape index (κ2) is 7.23. The van der Waals surface area contributed by atoms with Crippen molar-refractivity contribution in [2.75, 3.05) is 13.2 Å². The van der Waals surface area contributed by atoms with Crippen molar-refractivity contribution in [1.29, 1.82) is 0 Å². The maximum atomic E-state index is 11.9. The first-order chi connectivity index (χ1) is 10.8. The van der Waals surface area contributed by atoms with E-state index in [1.807, 2.05) is 18.2 Å². The number of hydrogen-bond donors (Lipinski definition) is 1. The zero-order chi connectivity index (χ0) is 15.2. The average molecular weight is 295 g/mol. The smallest absolute Gasteiger partial charge is 0.220 e. The van der Waals surface area contributed by atoms with E-state index in [0.29, 0.717) is 13.0 Å². The van der Waals surface area contributed by atoms with Crippen LogP contribution in [0, 0.1) is 0 Å². The van der Waals surface area contributed by atoms with Crippen LogP contribution in [0.2, 0.25) is 0 Å². The van der Waals surface area contributed by atoms with Crippen LogP contribution in [-0.4, -0.2) is 25.2 Å². The van der Waals surface area contributed by atoms with Crippen LogP contribution in [0.25, 0.3) is 11.1 Å². The molecule has 0 unspecified atom stereocenters. The standard InChI is InChI=1S/C19H21NO2/c21-19(20-18-12-13-22-14-18)11-8-15-6-9-17(10-7-15)16-4-2-1-3-5-16/h1-7,9-10,18H,8,11-14H2,(H,20,21)/t18-/m0/s1. The average Bonchev–Trinajstić information content (AvgIpc) is 3.07. The number of ether oxygens (including phenoxy) is 1. The van der Waals surface area contributed by atoms with Crippen LogP contribution >= 0.6 is 0 Å². The fraction of sp³-hybridized carbons (Fsp3) is 0.316. The molecule has 2 aromatic carbocycles. The molecule has 1 aliphatic rings. The Bertz CT molecular complexity index is 601. The summed E-state index contributed by atoms with van der Waals surface area (Å²) < 4.78 is 5.26. The van der Waals surface area contributed by atoms with E-state index >= 15 is 0 Å². The molecule has 0 aromatic heterocycles. The summed E-state index contributed by atoms with van der Waals surface area (Å²) in [5.41, 5.74) is 3.61. The van der Waals surface area contributed by atoms with E-state index in [1.54, 1.807) is 0 Å². The molecule has 0 bridgehead atoms. The Morgan fingerprint density at radius 2 is 1.77 bits per heavy atom. The number of carbonyl (C=O) groups is 1. The Hall–Kier alpha value is -2.13. The maximum absolute atomic E-state index is 11.9. The lowest BCUT2D eigenvalue weighted by Gasteiger charge is -2.10. The topological polar surface area (TPSA) is 38.3 Å². The van der Waals surface area contributed by atoms with Crippen LogP contribution in [0.3, 0.4) is 0 Å². The van der Waals surface area contributed by atoms with Crippen molar-refractivity contribution in [2.45, 2.75) is 25.3 Å². The summed E-state index contributed by atoms with van der Waals surface area (Å²) in [5, 5.41) is 3.02. The van der Waals surface area contributed by atoms with E-state index in [1.165, 1.54) is 16.7 Å². The lowest BCUT2D eigenvalue weighted by molar-refractivity contribution is -0.121. The van der Waals surface area contributed by atoms with Gasteiger partial charge >= 0.3 is 0 Å². The normalized spacial score (nSPS) is 17.4. The quantitative estimate of drug-likeness (QED) is 0.920. The van der Waals surface area contributed by atoms with Gasteiger partial charge in [0.15, 0.2) is 0 Å². The second-order valence-corrected chi connectivity index (χ2v) is 5.69. The maximum Gasteiger partial charge on any atom is 0.220 e. The third kappa shape index (κ3) is 3.95. The van der Waals surface area contributed by atoms with Crippen LogP contribution in [-0.2, 0) is 16.0 Å². The van der Waals surface area contributed by atoms with E-state index in [-0.39, 0.29) is 11.9 Å². The highest BCUT2D eigenvalue weighted by atomic mass is 16.5. The molecule has 1 amide bonds. The molecule has 3 rings (SSSR count). The molecule has 22 heavy (non-hydrogen) atoms. The molecule has 0 aliphatic carbocycles. The fourth-order valence-electron chi connectivity index (χ4n) is 2.70. The van der Waals surface area contributed by atoms with Crippen molar-refractivity contribution in [2.24, 2.45) is 0 Å². The molecule has 0 saturated carbocycles. The number of amides is 1. The summed E-state index contributed by atoms with van der Waals surface area (Å²) >= 11 is 0. The number of hydrogen-bond acceptors (Lipinski definition) is 2. The summed E-state index contributed by atoms with van der Waals surface area (Å²) in [6.07, 6.45) is 2.23. The molecule has 3 heteroatoms. The van der Waals surface area contributed by atoms with Crippen LogP contribution in [0.5, 0.6) is 0 Å². The van der Waals surface area contributed by atoms with Crippen molar-refractivity contribution in [3.63, 3.8) is 0 Å². The van der Waals surface area contributed by atoms with Crippen molar-refractivity contribution in [1.82, 2.24) is 5.32 Å². The molecule has 1 fully saturated rings. The van der Waals surface area contributed by atoms with Gasteiger partial charge in [0, 0.05) is 13.0 Å². The molecule has 114 valence electrons. The molecule has 1 saturated heterocycles. The van der Waals surface area contributed by atoms with Crippen molar-refractivity contribution >= 4 is 5.91 Å². The van der Waals surface area contributed by atoms with E-state index in [2.05, 4.69) is 41.7 Å². The lowest BCUT2D eigenvalue weighted by atomic mass is 10.0.